The topological polar surface area (TPSA) is 51.1 Å². The first-order valence-electron chi connectivity index (χ1n) is 5.88. The Morgan fingerprint density at radius 3 is 2.89 bits per heavy atom. The Kier molecular flexibility index (Phi) is 4.34. The van der Waals surface area contributed by atoms with Crippen molar-refractivity contribution in [1.82, 2.24) is 0 Å². The van der Waals surface area contributed by atoms with Crippen LogP contribution in [0.5, 0.6) is 5.75 Å². The molecule has 96 valence electrons. The van der Waals surface area contributed by atoms with E-state index in [2.05, 4.69) is 9.89 Å². The third-order valence-corrected chi connectivity index (χ3v) is 2.95. The summed E-state index contributed by atoms with van der Waals surface area (Å²) in [5, 5.41) is 0. The maximum absolute atomic E-state index is 10.2. The summed E-state index contributed by atoms with van der Waals surface area (Å²) in [5.74, 6) is 0.742. The van der Waals surface area contributed by atoms with E-state index in [1.807, 2.05) is 18.2 Å². The van der Waals surface area contributed by atoms with Gasteiger partial charge in [-0.25, -0.2) is 9.79 Å². The van der Waals surface area contributed by atoms with Crippen molar-refractivity contribution in [2.45, 2.75) is 6.54 Å². The average molecular weight is 248 g/mol. The highest BCUT2D eigenvalue weighted by atomic mass is 16.5. The first-order chi connectivity index (χ1) is 8.85. The van der Waals surface area contributed by atoms with Crippen LogP contribution < -0.4 is 9.64 Å². The summed E-state index contributed by atoms with van der Waals surface area (Å²) in [6.07, 6.45) is 1.55. The van der Waals surface area contributed by atoms with Crippen molar-refractivity contribution in [3.05, 3.63) is 23.8 Å². The summed E-state index contributed by atoms with van der Waals surface area (Å²) >= 11 is 0. The largest absolute Gasteiger partial charge is 0.496 e. The van der Waals surface area contributed by atoms with Gasteiger partial charge in [0.15, 0.2) is 0 Å². The van der Waals surface area contributed by atoms with Gasteiger partial charge in [-0.15, -0.1) is 0 Å². The molecule has 2 rings (SSSR count). The van der Waals surface area contributed by atoms with Crippen LogP contribution in [0.2, 0.25) is 0 Å². The fourth-order valence-corrected chi connectivity index (χ4v) is 2.02. The lowest BCUT2D eigenvalue weighted by Crippen LogP contribution is -2.36. The van der Waals surface area contributed by atoms with Gasteiger partial charge < -0.3 is 14.4 Å². The molecule has 0 atom stereocenters. The molecule has 5 nitrogen and oxygen atoms in total. The summed E-state index contributed by atoms with van der Waals surface area (Å²) in [7, 11) is 1.61. The lowest BCUT2D eigenvalue weighted by atomic mass is 10.1. The zero-order valence-corrected chi connectivity index (χ0v) is 10.4. The Labute approximate surface area is 106 Å². The van der Waals surface area contributed by atoms with Crippen molar-refractivity contribution in [1.29, 1.82) is 0 Å². The van der Waals surface area contributed by atoms with E-state index < -0.39 is 0 Å². The highest BCUT2D eigenvalue weighted by Gasteiger charge is 2.13. The van der Waals surface area contributed by atoms with Crippen molar-refractivity contribution in [3.63, 3.8) is 0 Å². The highest BCUT2D eigenvalue weighted by molar-refractivity contribution is 5.53. The number of anilines is 1. The van der Waals surface area contributed by atoms with E-state index in [0.29, 0.717) is 6.54 Å². The number of carbonyl (C=O) groups excluding carboxylic acids is 1. The molecule has 0 unspecified atom stereocenters. The van der Waals surface area contributed by atoms with Gasteiger partial charge in [0.2, 0.25) is 6.08 Å². The highest BCUT2D eigenvalue weighted by Crippen LogP contribution is 2.26. The fourth-order valence-electron chi connectivity index (χ4n) is 2.02. The molecule has 1 aliphatic rings. The predicted octanol–water partition coefficient (Wildman–Crippen LogP) is 1.37. The minimum absolute atomic E-state index is 0.296. The van der Waals surface area contributed by atoms with Gasteiger partial charge in [0, 0.05) is 24.3 Å². The molecule has 1 saturated heterocycles. The Bertz CT molecular complexity index is 450. The number of rotatable bonds is 4. The van der Waals surface area contributed by atoms with Crippen molar-refractivity contribution >= 4 is 11.8 Å². The van der Waals surface area contributed by atoms with Crippen molar-refractivity contribution in [3.8, 4) is 5.75 Å². The average Bonchev–Trinajstić information content (AvgIpc) is 2.45. The van der Waals surface area contributed by atoms with Gasteiger partial charge in [-0.1, -0.05) is 0 Å². The SMILES string of the molecule is COc1ccc(N2CCOCC2)cc1CN=C=O. The summed E-state index contributed by atoms with van der Waals surface area (Å²) < 4.78 is 10.6. The first-order valence-corrected chi connectivity index (χ1v) is 5.88. The second-order valence-electron chi connectivity index (χ2n) is 4.00. The summed E-state index contributed by atoms with van der Waals surface area (Å²) in [5.41, 5.74) is 2.00. The van der Waals surface area contributed by atoms with Crippen LogP contribution in [0.3, 0.4) is 0 Å². The molecule has 1 aromatic carbocycles. The van der Waals surface area contributed by atoms with Crippen LogP contribution in [0.15, 0.2) is 23.2 Å². The number of benzene rings is 1. The van der Waals surface area contributed by atoms with Crippen LogP contribution >= 0.6 is 0 Å². The molecule has 1 fully saturated rings. The van der Waals surface area contributed by atoms with Gasteiger partial charge in [-0.05, 0) is 18.2 Å². The number of morpholine rings is 1. The number of methoxy groups -OCH3 is 1. The quantitative estimate of drug-likeness (QED) is 0.596. The standard InChI is InChI=1S/C13H16N2O3/c1-17-13-3-2-12(8-11(13)9-14-10-16)15-4-6-18-7-5-15/h2-3,8H,4-7,9H2,1H3. The zero-order valence-electron chi connectivity index (χ0n) is 10.4. The van der Waals surface area contributed by atoms with E-state index in [0.717, 1.165) is 43.3 Å². The van der Waals surface area contributed by atoms with Crippen LogP contribution in [-0.2, 0) is 16.1 Å². The van der Waals surface area contributed by atoms with Gasteiger partial charge in [0.05, 0.1) is 26.9 Å². The van der Waals surface area contributed by atoms with Crippen LogP contribution in [-0.4, -0.2) is 39.5 Å². The molecule has 0 radical (unpaired) electrons. The molecule has 0 amide bonds. The van der Waals surface area contributed by atoms with Gasteiger partial charge in [-0.2, -0.15) is 0 Å². The molecule has 5 heteroatoms. The van der Waals surface area contributed by atoms with Gasteiger partial charge in [0.1, 0.15) is 5.75 Å². The lowest BCUT2D eigenvalue weighted by molar-refractivity contribution is 0.122. The molecule has 0 saturated carbocycles. The third-order valence-electron chi connectivity index (χ3n) is 2.95. The predicted molar refractivity (Wildman–Crippen MR) is 67.9 cm³/mol. The van der Waals surface area contributed by atoms with Crippen molar-refractivity contribution in [2.75, 3.05) is 38.3 Å². The molecule has 18 heavy (non-hydrogen) atoms. The van der Waals surface area contributed by atoms with Crippen LogP contribution in [0.1, 0.15) is 5.56 Å². The van der Waals surface area contributed by atoms with Crippen molar-refractivity contribution in [2.24, 2.45) is 4.99 Å². The van der Waals surface area contributed by atoms with Crippen LogP contribution in [0.25, 0.3) is 0 Å². The summed E-state index contributed by atoms with van der Waals surface area (Å²) in [4.78, 5) is 16.1. The Hall–Kier alpha value is -1.84. The van der Waals surface area contributed by atoms with Crippen molar-refractivity contribution < 1.29 is 14.3 Å². The number of hydrogen-bond acceptors (Lipinski definition) is 5. The Balaban J connectivity index is 2.23. The molecular formula is C13H16N2O3. The fraction of sp³-hybridized carbons (Fsp3) is 0.462. The molecule has 1 heterocycles. The Morgan fingerprint density at radius 1 is 1.44 bits per heavy atom. The maximum atomic E-state index is 10.2. The summed E-state index contributed by atoms with van der Waals surface area (Å²) in [6, 6.07) is 5.92. The number of isocyanates is 1. The van der Waals surface area contributed by atoms with Crippen LogP contribution in [0.4, 0.5) is 5.69 Å². The molecular weight excluding hydrogens is 232 g/mol. The smallest absolute Gasteiger partial charge is 0.235 e. The monoisotopic (exact) mass is 248 g/mol. The summed E-state index contributed by atoms with van der Waals surface area (Å²) in [6.45, 7) is 3.54. The molecule has 0 bridgehead atoms. The van der Waals surface area contributed by atoms with E-state index in [9.17, 15) is 4.79 Å². The number of aliphatic imine (C=N–C) groups is 1. The third kappa shape index (κ3) is 2.88. The van der Waals surface area contributed by atoms with E-state index in [4.69, 9.17) is 9.47 Å². The molecule has 0 N–H and O–H groups in total. The molecule has 1 aromatic rings. The van der Waals surface area contributed by atoms with E-state index in [1.165, 1.54) is 0 Å². The lowest BCUT2D eigenvalue weighted by Gasteiger charge is -2.29. The minimum atomic E-state index is 0.296. The zero-order chi connectivity index (χ0) is 12.8. The molecule has 0 aromatic heterocycles. The minimum Gasteiger partial charge on any atom is -0.496 e. The van der Waals surface area contributed by atoms with E-state index in [-0.39, 0.29) is 0 Å². The van der Waals surface area contributed by atoms with Gasteiger partial charge in [0.25, 0.3) is 0 Å². The number of hydrogen-bond donors (Lipinski definition) is 0. The number of ether oxygens (including phenoxy) is 2. The normalized spacial score (nSPS) is 15.1. The second kappa shape index (κ2) is 6.19. The Morgan fingerprint density at radius 2 is 2.22 bits per heavy atom. The second-order valence-corrected chi connectivity index (χ2v) is 4.00. The molecule has 1 aliphatic heterocycles. The molecule has 0 aliphatic carbocycles. The van der Waals surface area contributed by atoms with Gasteiger partial charge in [-0.3, -0.25) is 0 Å². The number of nitrogens with zero attached hydrogens (tertiary/aromatic N) is 2. The van der Waals surface area contributed by atoms with Crippen LogP contribution in [0, 0.1) is 0 Å². The van der Waals surface area contributed by atoms with E-state index in [1.54, 1.807) is 13.2 Å². The van der Waals surface area contributed by atoms with E-state index >= 15 is 0 Å². The maximum Gasteiger partial charge on any atom is 0.235 e. The van der Waals surface area contributed by atoms with Gasteiger partial charge >= 0.3 is 0 Å². The first kappa shape index (κ1) is 12.6. The molecule has 0 spiro atoms.